The first kappa shape index (κ1) is 9.87. The maximum atomic E-state index is 5.81. The highest BCUT2D eigenvalue weighted by Crippen LogP contribution is 2.14. The Labute approximate surface area is 71.5 Å². The van der Waals surface area contributed by atoms with Crippen molar-refractivity contribution in [3.63, 3.8) is 0 Å². The zero-order chi connectivity index (χ0) is 7.28. The third-order valence-corrected chi connectivity index (χ3v) is 2.37. The van der Waals surface area contributed by atoms with Crippen molar-refractivity contribution in [2.45, 2.75) is 12.3 Å². The summed E-state index contributed by atoms with van der Waals surface area (Å²) in [5.74, 6) is 1.39. The molecule has 3 heteroatoms. The number of hydrogen-bond donors (Lipinski definition) is 0. The van der Waals surface area contributed by atoms with Crippen LogP contribution in [0.3, 0.4) is 0 Å². The van der Waals surface area contributed by atoms with E-state index in [1.165, 1.54) is 0 Å². The van der Waals surface area contributed by atoms with Gasteiger partial charge in [-0.05, 0) is 12.3 Å². The van der Waals surface area contributed by atoms with Gasteiger partial charge in [-0.15, -0.1) is 34.8 Å². The van der Waals surface area contributed by atoms with Crippen molar-refractivity contribution in [3.05, 3.63) is 6.42 Å². The van der Waals surface area contributed by atoms with Crippen LogP contribution < -0.4 is 0 Å². The first-order valence-electron chi connectivity index (χ1n) is 2.81. The van der Waals surface area contributed by atoms with Gasteiger partial charge in [0.25, 0.3) is 0 Å². The van der Waals surface area contributed by atoms with E-state index in [-0.39, 0.29) is 5.38 Å². The van der Waals surface area contributed by atoms with Crippen LogP contribution in [-0.2, 0) is 0 Å². The summed E-state index contributed by atoms with van der Waals surface area (Å²) in [5, 5.41) is 0.0139. The van der Waals surface area contributed by atoms with E-state index < -0.39 is 0 Å². The summed E-state index contributed by atoms with van der Waals surface area (Å²) in [6.45, 7) is 1.99. The van der Waals surface area contributed by atoms with Crippen molar-refractivity contribution in [1.29, 1.82) is 0 Å². The van der Waals surface area contributed by atoms with Gasteiger partial charge in [0, 0.05) is 17.1 Å². The molecule has 0 saturated heterocycles. The average molecular weight is 189 g/mol. The highest BCUT2D eigenvalue weighted by Gasteiger charge is 2.11. The van der Waals surface area contributed by atoms with Crippen LogP contribution >= 0.6 is 34.8 Å². The van der Waals surface area contributed by atoms with Gasteiger partial charge in [-0.2, -0.15) is 0 Å². The maximum Gasteiger partial charge on any atom is 0.0416 e. The van der Waals surface area contributed by atoms with Crippen LogP contribution in [0.15, 0.2) is 0 Å². The van der Waals surface area contributed by atoms with E-state index >= 15 is 0 Å². The second-order valence-corrected chi connectivity index (χ2v) is 3.09. The predicted molar refractivity (Wildman–Crippen MR) is 44.5 cm³/mol. The molecule has 0 aromatic carbocycles. The topological polar surface area (TPSA) is 0 Å². The summed E-state index contributed by atoms with van der Waals surface area (Å²) in [4.78, 5) is 0. The molecule has 2 atom stereocenters. The molecule has 0 heterocycles. The number of alkyl halides is 3. The SMILES string of the molecule is CC(CCl)C(Cl)[CH]CCl. The Morgan fingerprint density at radius 3 is 2.33 bits per heavy atom. The molecule has 0 rings (SSSR count). The average Bonchev–Trinajstić information content (AvgIpc) is 1.87. The van der Waals surface area contributed by atoms with Crippen molar-refractivity contribution in [1.82, 2.24) is 0 Å². The van der Waals surface area contributed by atoms with Crippen LogP contribution in [0.25, 0.3) is 0 Å². The molecule has 0 fully saturated rings. The molecule has 0 bridgehead atoms. The van der Waals surface area contributed by atoms with Gasteiger partial charge < -0.3 is 0 Å². The monoisotopic (exact) mass is 187 g/mol. The van der Waals surface area contributed by atoms with Crippen LogP contribution in [-0.4, -0.2) is 17.1 Å². The Balaban J connectivity index is 3.32. The van der Waals surface area contributed by atoms with Crippen LogP contribution in [0.5, 0.6) is 0 Å². The Kier molecular flexibility index (Phi) is 6.18. The van der Waals surface area contributed by atoms with Crippen molar-refractivity contribution >= 4 is 34.8 Å². The first-order chi connectivity index (χ1) is 4.22. The summed E-state index contributed by atoms with van der Waals surface area (Å²) in [6.07, 6.45) is 1.84. The molecule has 0 aliphatic heterocycles. The fraction of sp³-hybridized carbons (Fsp3) is 0.833. The molecule has 0 saturated carbocycles. The van der Waals surface area contributed by atoms with E-state index in [4.69, 9.17) is 34.8 Å². The zero-order valence-corrected chi connectivity index (χ0v) is 7.55. The Morgan fingerprint density at radius 1 is 1.44 bits per heavy atom. The lowest BCUT2D eigenvalue weighted by molar-refractivity contribution is 0.655. The van der Waals surface area contributed by atoms with E-state index in [1.54, 1.807) is 0 Å². The standard InChI is InChI=1S/C6H10Cl3/c1-5(4-8)6(9)2-3-7/h2,5-6H,3-4H2,1H3. The largest absolute Gasteiger partial charge is 0.126 e. The molecule has 55 valence electrons. The molecule has 0 aliphatic carbocycles. The first-order valence-corrected chi connectivity index (χ1v) is 4.32. The molecular weight excluding hydrogens is 178 g/mol. The van der Waals surface area contributed by atoms with Gasteiger partial charge >= 0.3 is 0 Å². The van der Waals surface area contributed by atoms with Gasteiger partial charge in [0.15, 0.2) is 0 Å². The number of hydrogen-bond acceptors (Lipinski definition) is 0. The summed E-state index contributed by atoms with van der Waals surface area (Å²) in [7, 11) is 0. The minimum Gasteiger partial charge on any atom is -0.126 e. The lowest BCUT2D eigenvalue weighted by Crippen LogP contribution is -2.13. The lowest BCUT2D eigenvalue weighted by Gasteiger charge is -2.12. The minimum atomic E-state index is 0.0139. The van der Waals surface area contributed by atoms with Gasteiger partial charge in [0.2, 0.25) is 0 Å². The van der Waals surface area contributed by atoms with Crippen LogP contribution in [0.2, 0.25) is 0 Å². The normalized spacial score (nSPS) is 17.3. The lowest BCUT2D eigenvalue weighted by atomic mass is 10.1. The third kappa shape index (κ3) is 4.30. The molecule has 1 radical (unpaired) electrons. The van der Waals surface area contributed by atoms with Gasteiger partial charge in [0.1, 0.15) is 0 Å². The van der Waals surface area contributed by atoms with Gasteiger partial charge in [0.05, 0.1) is 0 Å². The van der Waals surface area contributed by atoms with Gasteiger partial charge in [-0.25, -0.2) is 0 Å². The van der Waals surface area contributed by atoms with Crippen LogP contribution in [0, 0.1) is 12.3 Å². The van der Waals surface area contributed by atoms with E-state index in [9.17, 15) is 0 Å². The fourth-order valence-electron chi connectivity index (χ4n) is 0.403. The second-order valence-electron chi connectivity index (χ2n) is 1.97. The molecule has 0 aromatic rings. The van der Waals surface area contributed by atoms with Gasteiger partial charge in [-0.3, -0.25) is 0 Å². The molecular formula is C6H10Cl3. The molecule has 0 N–H and O–H groups in total. The molecule has 0 spiro atoms. The van der Waals surface area contributed by atoms with E-state index in [1.807, 2.05) is 13.3 Å². The summed E-state index contributed by atoms with van der Waals surface area (Å²) in [5.41, 5.74) is 0. The minimum absolute atomic E-state index is 0.0139. The van der Waals surface area contributed by atoms with Crippen molar-refractivity contribution in [2.24, 2.45) is 5.92 Å². The Hall–Kier alpha value is 0.870. The number of rotatable bonds is 4. The van der Waals surface area contributed by atoms with E-state index in [0.29, 0.717) is 17.7 Å². The third-order valence-electron chi connectivity index (χ3n) is 1.10. The fourth-order valence-corrected chi connectivity index (χ4v) is 1.15. The predicted octanol–water partition coefficient (Wildman–Crippen LogP) is 2.91. The number of halogens is 3. The summed E-state index contributed by atoms with van der Waals surface area (Å²) >= 11 is 16.8. The summed E-state index contributed by atoms with van der Waals surface area (Å²) in [6, 6.07) is 0. The van der Waals surface area contributed by atoms with Crippen LogP contribution in [0.4, 0.5) is 0 Å². The molecule has 0 nitrogen and oxygen atoms in total. The van der Waals surface area contributed by atoms with Crippen molar-refractivity contribution in [2.75, 3.05) is 11.8 Å². The van der Waals surface area contributed by atoms with E-state index in [2.05, 4.69) is 0 Å². The smallest absolute Gasteiger partial charge is 0.0416 e. The van der Waals surface area contributed by atoms with Gasteiger partial charge in [-0.1, -0.05) is 6.92 Å². The second kappa shape index (κ2) is 5.64. The van der Waals surface area contributed by atoms with E-state index in [0.717, 1.165) is 0 Å². The maximum absolute atomic E-state index is 5.81. The molecule has 2 unspecified atom stereocenters. The quantitative estimate of drug-likeness (QED) is 0.595. The molecule has 9 heavy (non-hydrogen) atoms. The summed E-state index contributed by atoms with van der Waals surface area (Å²) < 4.78 is 0. The van der Waals surface area contributed by atoms with Crippen molar-refractivity contribution < 1.29 is 0 Å². The molecule has 0 aliphatic rings. The molecule has 0 aromatic heterocycles. The Morgan fingerprint density at radius 2 is 2.00 bits per heavy atom. The molecule has 0 amide bonds. The Bertz CT molecular complexity index is 65.3. The highest BCUT2D eigenvalue weighted by molar-refractivity contribution is 6.25. The van der Waals surface area contributed by atoms with Crippen molar-refractivity contribution in [3.8, 4) is 0 Å². The van der Waals surface area contributed by atoms with Crippen LogP contribution in [0.1, 0.15) is 6.92 Å². The highest BCUT2D eigenvalue weighted by atomic mass is 35.5. The zero-order valence-electron chi connectivity index (χ0n) is 5.28.